The van der Waals surface area contributed by atoms with Crippen LogP contribution < -0.4 is 10.1 Å². The molecule has 0 fully saturated rings. The normalized spacial score (nSPS) is 10.6. The molecule has 0 unspecified atom stereocenters. The lowest BCUT2D eigenvalue weighted by Crippen LogP contribution is -2.13. The van der Waals surface area contributed by atoms with E-state index in [0.29, 0.717) is 12.4 Å². The Bertz CT molecular complexity index is 572. The van der Waals surface area contributed by atoms with Gasteiger partial charge in [0.15, 0.2) is 0 Å². The lowest BCUT2D eigenvalue weighted by Gasteiger charge is -2.10. The zero-order valence-corrected chi connectivity index (χ0v) is 13.6. The second-order valence-corrected chi connectivity index (χ2v) is 5.70. The van der Waals surface area contributed by atoms with Crippen LogP contribution in [-0.2, 0) is 13.2 Å². The molecule has 2 aromatic carbocycles. The molecule has 0 saturated carbocycles. The molecule has 0 aliphatic heterocycles. The molecule has 0 aromatic heterocycles. The average molecular weight is 352 g/mol. The van der Waals surface area contributed by atoms with Crippen molar-refractivity contribution in [3.05, 3.63) is 63.9 Å². The van der Waals surface area contributed by atoms with E-state index in [9.17, 15) is 4.39 Å². The topological polar surface area (TPSA) is 21.3 Å². The van der Waals surface area contributed by atoms with Crippen molar-refractivity contribution in [1.82, 2.24) is 5.32 Å². The summed E-state index contributed by atoms with van der Waals surface area (Å²) in [5.41, 5.74) is 2.31. The van der Waals surface area contributed by atoms with Gasteiger partial charge >= 0.3 is 0 Å². The lowest BCUT2D eigenvalue weighted by molar-refractivity contribution is 0.305. The highest BCUT2D eigenvalue weighted by atomic mass is 79.9. The third-order valence-electron chi connectivity index (χ3n) is 3.08. The molecule has 2 aromatic rings. The summed E-state index contributed by atoms with van der Waals surface area (Å²) in [7, 11) is 0. The van der Waals surface area contributed by atoms with Gasteiger partial charge in [-0.1, -0.05) is 35.0 Å². The minimum absolute atomic E-state index is 0.257. The molecule has 1 N–H and O–H groups in total. The van der Waals surface area contributed by atoms with E-state index < -0.39 is 0 Å². The third kappa shape index (κ3) is 5.14. The highest BCUT2D eigenvalue weighted by molar-refractivity contribution is 9.10. The molecule has 2 nitrogen and oxygen atoms in total. The Morgan fingerprint density at radius 3 is 2.57 bits per heavy atom. The second kappa shape index (κ2) is 8.15. The molecule has 0 radical (unpaired) electrons. The fraction of sp³-hybridized carbons (Fsp3) is 0.294. The van der Waals surface area contributed by atoms with Gasteiger partial charge in [0, 0.05) is 16.6 Å². The molecule has 2 rings (SSSR count). The van der Waals surface area contributed by atoms with Crippen molar-refractivity contribution >= 4 is 15.9 Å². The van der Waals surface area contributed by atoms with Crippen LogP contribution in [-0.4, -0.2) is 6.54 Å². The van der Waals surface area contributed by atoms with E-state index in [2.05, 4.69) is 46.4 Å². The van der Waals surface area contributed by atoms with E-state index in [-0.39, 0.29) is 5.82 Å². The van der Waals surface area contributed by atoms with Crippen molar-refractivity contribution in [3.63, 3.8) is 0 Å². The predicted octanol–water partition coefficient (Wildman–Crippen LogP) is 4.67. The van der Waals surface area contributed by atoms with E-state index in [1.807, 2.05) is 0 Å². The van der Waals surface area contributed by atoms with Gasteiger partial charge in [-0.2, -0.15) is 0 Å². The van der Waals surface area contributed by atoms with Crippen molar-refractivity contribution in [3.8, 4) is 5.75 Å². The Morgan fingerprint density at radius 2 is 1.90 bits per heavy atom. The van der Waals surface area contributed by atoms with Gasteiger partial charge in [0.05, 0.1) is 0 Å². The quantitative estimate of drug-likeness (QED) is 0.732. The summed E-state index contributed by atoms with van der Waals surface area (Å²) in [6.45, 7) is 4.49. The van der Waals surface area contributed by atoms with Crippen LogP contribution >= 0.6 is 15.9 Å². The van der Waals surface area contributed by atoms with Gasteiger partial charge in [-0.05, 0) is 48.9 Å². The summed E-state index contributed by atoms with van der Waals surface area (Å²) in [6.07, 6.45) is 1.13. The first kappa shape index (κ1) is 16.0. The number of rotatable bonds is 7. The largest absolute Gasteiger partial charge is 0.489 e. The van der Waals surface area contributed by atoms with Crippen LogP contribution in [0.15, 0.2) is 46.9 Å². The summed E-state index contributed by atoms with van der Waals surface area (Å²) < 4.78 is 19.5. The lowest BCUT2D eigenvalue weighted by atomic mass is 10.1. The van der Waals surface area contributed by atoms with Crippen LogP contribution in [0, 0.1) is 5.82 Å². The molecule has 0 heterocycles. The minimum atomic E-state index is -0.257. The van der Waals surface area contributed by atoms with Crippen molar-refractivity contribution in [2.45, 2.75) is 26.5 Å². The van der Waals surface area contributed by atoms with E-state index in [0.717, 1.165) is 29.5 Å². The number of halogens is 2. The fourth-order valence-corrected chi connectivity index (χ4v) is 2.46. The van der Waals surface area contributed by atoms with Crippen LogP contribution in [0.2, 0.25) is 0 Å². The van der Waals surface area contributed by atoms with Crippen LogP contribution in [0.5, 0.6) is 5.75 Å². The van der Waals surface area contributed by atoms with E-state index in [1.54, 1.807) is 12.1 Å². The Kier molecular flexibility index (Phi) is 6.21. The smallest absolute Gasteiger partial charge is 0.123 e. The SMILES string of the molecule is CCCNCc1ccc(COc2ccc(F)cc2)c(Br)c1. The first-order valence-electron chi connectivity index (χ1n) is 7.05. The third-order valence-corrected chi connectivity index (χ3v) is 3.82. The van der Waals surface area contributed by atoms with Gasteiger partial charge in [-0.3, -0.25) is 0 Å². The van der Waals surface area contributed by atoms with Gasteiger partial charge in [-0.25, -0.2) is 4.39 Å². The highest BCUT2D eigenvalue weighted by Gasteiger charge is 2.03. The van der Waals surface area contributed by atoms with Crippen LogP contribution in [0.4, 0.5) is 4.39 Å². The maximum Gasteiger partial charge on any atom is 0.123 e. The molecule has 0 aliphatic carbocycles. The Hall–Kier alpha value is -1.39. The number of ether oxygens (including phenoxy) is 1. The Balaban J connectivity index is 1.92. The molecule has 112 valence electrons. The van der Waals surface area contributed by atoms with Gasteiger partial charge in [0.25, 0.3) is 0 Å². The van der Waals surface area contributed by atoms with E-state index in [1.165, 1.54) is 17.7 Å². The molecule has 0 amide bonds. The molecule has 0 aliphatic rings. The van der Waals surface area contributed by atoms with Crippen LogP contribution in [0.25, 0.3) is 0 Å². The molecule has 0 spiro atoms. The van der Waals surface area contributed by atoms with E-state index in [4.69, 9.17) is 4.74 Å². The van der Waals surface area contributed by atoms with Crippen LogP contribution in [0.1, 0.15) is 24.5 Å². The van der Waals surface area contributed by atoms with Crippen molar-refractivity contribution in [1.29, 1.82) is 0 Å². The van der Waals surface area contributed by atoms with Gasteiger partial charge in [0.2, 0.25) is 0 Å². The molecule has 21 heavy (non-hydrogen) atoms. The molecule has 0 atom stereocenters. The standard InChI is InChI=1S/C17H19BrFNO/c1-2-9-20-11-13-3-4-14(17(18)10-13)12-21-16-7-5-15(19)6-8-16/h3-8,10,20H,2,9,11-12H2,1H3. The fourth-order valence-electron chi connectivity index (χ4n) is 1.92. The Labute approximate surface area is 133 Å². The molecular weight excluding hydrogens is 333 g/mol. The van der Waals surface area contributed by atoms with Gasteiger partial charge in [0.1, 0.15) is 18.2 Å². The van der Waals surface area contributed by atoms with E-state index >= 15 is 0 Å². The zero-order chi connectivity index (χ0) is 15.1. The number of hydrogen-bond donors (Lipinski definition) is 1. The molecular formula is C17H19BrFNO. The number of benzene rings is 2. The summed E-state index contributed by atoms with van der Waals surface area (Å²) in [5.74, 6) is 0.407. The molecule has 0 bridgehead atoms. The van der Waals surface area contributed by atoms with Crippen molar-refractivity contribution < 1.29 is 9.13 Å². The zero-order valence-electron chi connectivity index (χ0n) is 12.0. The first-order valence-corrected chi connectivity index (χ1v) is 7.84. The number of hydrogen-bond acceptors (Lipinski definition) is 2. The molecule has 4 heteroatoms. The maximum absolute atomic E-state index is 12.8. The van der Waals surface area contributed by atoms with Gasteiger partial charge < -0.3 is 10.1 Å². The molecule has 0 saturated heterocycles. The van der Waals surface area contributed by atoms with Crippen molar-refractivity contribution in [2.24, 2.45) is 0 Å². The highest BCUT2D eigenvalue weighted by Crippen LogP contribution is 2.21. The van der Waals surface area contributed by atoms with Crippen molar-refractivity contribution in [2.75, 3.05) is 6.54 Å². The summed E-state index contributed by atoms with van der Waals surface area (Å²) in [4.78, 5) is 0. The number of nitrogens with one attached hydrogen (secondary N) is 1. The minimum Gasteiger partial charge on any atom is -0.489 e. The van der Waals surface area contributed by atoms with Crippen LogP contribution in [0.3, 0.4) is 0 Å². The average Bonchev–Trinajstić information content (AvgIpc) is 2.48. The second-order valence-electron chi connectivity index (χ2n) is 4.85. The summed E-state index contributed by atoms with van der Waals surface area (Å²) in [5, 5.41) is 3.37. The monoisotopic (exact) mass is 351 g/mol. The van der Waals surface area contributed by atoms with Gasteiger partial charge in [-0.15, -0.1) is 0 Å². The summed E-state index contributed by atoms with van der Waals surface area (Å²) in [6, 6.07) is 12.3. The summed E-state index contributed by atoms with van der Waals surface area (Å²) >= 11 is 3.57. The maximum atomic E-state index is 12.8. The Morgan fingerprint density at radius 1 is 1.14 bits per heavy atom. The first-order chi connectivity index (χ1) is 10.2. The predicted molar refractivity (Wildman–Crippen MR) is 86.9 cm³/mol.